The maximum Gasteiger partial charge on any atom is 0.144 e. The summed E-state index contributed by atoms with van der Waals surface area (Å²) in [5.41, 5.74) is 1.11. The largest absolute Gasteiger partial charge is 0.508 e. The number of phenolic OH excluding ortho intramolecular Hbond substituents is 1. The predicted molar refractivity (Wildman–Crippen MR) is 71.4 cm³/mol. The van der Waals surface area contributed by atoms with E-state index in [0.717, 1.165) is 5.56 Å². The fraction of sp³-hybridized carbons (Fsp3) is 0.0667. The molecule has 2 N–H and O–H groups in total. The number of hydrogen-bond donors (Lipinski definition) is 2. The number of hydrogen-bond acceptors (Lipinski definition) is 2. The molecule has 0 amide bonds. The van der Waals surface area contributed by atoms with Crippen molar-refractivity contribution in [1.29, 1.82) is 0 Å². The summed E-state index contributed by atoms with van der Waals surface area (Å²) in [4.78, 5) is 0. The summed E-state index contributed by atoms with van der Waals surface area (Å²) in [6, 6.07) is 13.8. The fourth-order valence-electron chi connectivity index (χ4n) is 1.50. The molecule has 2 nitrogen and oxygen atoms in total. The summed E-state index contributed by atoms with van der Waals surface area (Å²) in [5, 5.41) is 20.0. The summed E-state index contributed by atoms with van der Waals surface area (Å²) in [6.07, 6.45) is -1.07. The van der Waals surface area contributed by atoms with E-state index in [0.29, 0.717) is 10.6 Å². The molecule has 3 heteroatoms. The summed E-state index contributed by atoms with van der Waals surface area (Å²) in [6.45, 7) is 0. The lowest BCUT2D eigenvalue weighted by molar-refractivity contribution is 0.233. The lowest BCUT2D eigenvalue weighted by Crippen LogP contribution is -1.94. The minimum atomic E-state index is -1.07. The minimum Gasteiger partial charge on any atom is -0.508 e. The molecule has 1 atom stereocenters. The van der Waals surface area contributed by atoms with Crippen LogP contribution < -0.4 is 0 Å². The van der Waals surface area contributed by atoms with Crippen LogP contribution in [0.1, 0.15) is 17.2 Å². The Morgan fingerprint density at radius 2 is 1.78 bits per heavy atom. The van der Waals surface area contributed by atoms with Crippen molar-refractivity contribution in [1.82, 2.24) is 0 Å². The van der Waals surface area contributed by atoms with Gasteiger partial charge in [-0.3, -0.25) is 0 Å². The van der Waals surface area contributed by atoms with E-state index >= 15 is 0 Å². The molecular weight excluding hydrogens is 248 g/mol. The molecule has 90 valence electrons. The Balaban J connectivity index is 2.25. The topological polar surface area (TPSA) is 40.5 Å². The molecular formula is C15H11ClO2. The van der Waals surface area contributed by atoms with Gasteiger partial charge >= 0.3 is 0 Å². The fourth-order valence-corrected chi connectivity index (χ4v) is 1.68. The third-order valence-corrected chi connectivity index (χ3v) is 2.65. The zero-order valence-electron chi connectivity index (χ0n) is 9.47. The van der Waals surface area contributed by atoms with Crippen LogP contribution in [-0.4, -0.2) is 10.2 Å². The second-order valence-corrected chi connectivity index (χ2v) is 4.18. The van der Waals surface area contributed by atoms with E-state index in [-0.39, 0.29) is 5.75 Å². The number of rotatable bonds is 1. The predicted octanol–water partition coefficient (Wildman–Crippen LogP) is 3.13. The Morgan fingerprint density at radius 3 is 2.50 bits per heavy atom. The quantitative estimate of drug-likeness (QED) is 0.772. The van der Waals surface area contributed by atoms with Gasteiger partial charge in [0.2, 0.25) is 0 Å². The van der Waals surface area contributed by atoms with Gasteiger partial charge in [-0.1, -0.05) is 41.6 Å². The Kier molecular flexibility index (Phi) is 3.88. The van der Waals surface area contributed by atoms with Crippen LogP contribution in [0.4, 0.5) is 0 Å². The van der Waals surface area contributed by atoms with Gasteiger partial charge in [-0.2, -0.15) is 0 Å². The number of aliphatic hydroxyl groups is 1. The molecule has 2 aromatic rings. The average molecular weight is 259 g/mol. The monoisotopic (exact) mass is 258 g/mol. The molecule has 0 aromatic heterocycles. The highest BCUT2D eigenvalue weighted by Gasteiger charge is 2.09. The van der Waals surface area contributed by atoms with Crippen LogP contribution >= 0.6 is 11.6 Å². The van der Waals surface area contributed by atoms with Gasteiger partial charge in [0.1, 0.15) is 11.9 Å². The number of aliphatic hydroxyl groups excluding tert-OH is 1. The SMILES string of the molecule is Oc1ccc(Cl)cc1C(O)C#Cc1ccccc1. The van der Waals surface area contributed by atoms with Gasteiger partial charge in [-0.05, 0) is 30.3 Å². The molecule has 0 fully saturated rings. The first-order valence-corrected chi connectivity index (χ1v) is 5.77. The van der Waals surface area contributed by atoms with Crippen LogP contribution in [0, 0.1) is 11.8 Å². The van der Waals surface area contributed by atoms with E-state index in [9.17, 15) is 10.2 Å². The van der Waals surface area contributed by atoms with Crippen molar-refractivity contribution in [3.05, 3.63) is 64.7 Å². The van der Waals surface area contributed by atoms with Gasteiger partial charge in [0.05, 0.1) is 0 Å². The van der Waals surface area contributed by atoms with Crippen LogP contribution in [0.25, 0.3) is 0 Å². The van der Waals surface area contributed by atoms with Gasteiger partial charge in [0, 0.05) is 16.1 Å². The first kappa shape index (κ1) is 12.5. The van der Waals surface area contributed by atoms with Crippen LogP contribution in [0.15, 0.2) is 48.5 Å². The highest BCUT2D eigenvalue weighted by molar-refractivity contribution is 6.30. The van der Waals surface area contributed by atoms with Crippen LogP contribution in [0.5, 0.6) is 5.75 Å². The first-order valence-electron chi connectivity index (χ1n) is 5.40. The zero-order chi connectivity index (χ0) is 13.0. The Hall–Kier alpha value is -1.95. The van der Waals surface area contributed by atoms with Crippen molar-refractivity contribution in [2.45, 2.75) is 6.10 Å². The van der Waals surface area contributed by atoms with Crippen molar-refractivity contribution >= 4 is 11.6 Å². The normalized spacial score (nSPS) is 11.4. The molecule has 2 rings (SSSR count). The molecule has 18 heavy (non-hydrogen) atoms. The first-order chi connectivity index (χ1) is 8.66. The summed E-state index contributed by atoms with van der Waals surface area (Å²) < 4.78 is 0. The number of benzene rings is 2. The van der Waals surface area contributed by atoms with Crippen molar-refractivity contribution in [3.8, 4) is 17.6 Å². The number of halogens is 1. The molecule has 0 saturated carbocycles. The lowest BCUT2D eigenvalue weighted by atomic mass is 10.1. The van der Waals surface area contributed by atoms with Crippen LogP contribution in [0.2, 0.25) is 5.02 Å². The molecule has 2 aromatic carbocycles. The number of phenols is 1. The van der Waals surface area contributed by atoms with E-state index in [1.807, 2.05) is 30.3 Å². The summed E-state index contributed by atoms with van der Waals surface area (Å²) in [7, 11) is 0. The Bertz CT molecular complexity index is 597. The molecule has 0 heterocycles. The van der Waals surface area contributed by atoms with Gasteiger partial charge < -0.3 is 10.2 Å². The molecule has 0 aliphatic heterocycles. The van der Waals surface area contributed by atoms with E-state index in [4.69, 9.17) is 11.6 Å². The highest BCUT2D eigenvalue weighted by Crippen LogP contribution is 2.26. The second kappa shape index (κ2) is 5.59. The van der Waals surface area contributed by atoms with Gasteiger partial charge in [-0.15, -0.1) is 0 Å². The second-order valence-electron chi connectivity index (χ2n) is 3.74. The maximum absolute atomic E-state index is 9.89. The van der Waals surface area contributed by atoms with Crippen molar-refractivity contribution in [2.75, 3.05) is 0 Å². The molecule has 0 radical (unpaired) electrons. The average Bonchev–Trinajstić information content (AvgIpc) is 2.40. The summed E-state index contributed by atoms with van der Waals surface area (Å²) >= 11 is 5.81. The maximum atomic E-state index is 9.89. The molecule has 0 spiro atoms. The van der Waals surface area contributed by atoms with Crippen LogP contribution in [-0.2, 0) is 0 Å². The molecule has 0 aliphatic rings. The minimum absolute atomic E-state index is 0.0192. The third kappa shape index (κ3) is 3.04. The number of aromatic hydroxyl groups is 1. The molecule has 0 saturated heterocycles. The van der Waals surface area contributed by atoms with E-state index in [1.54, 1.807) is 6.07 Å². The van der Waals surface area contributed by atoms with E-state index in [2.05, 4.69) is 11.8 Å². The summed E-state index contributed by atoms with van der Waals surface area (Å²) in [5.74, 6) is 5.49. The van der Waals surface area contributed by atoms with E-state index < -0.39 is 6.10 Å². The smallest absolute Gasteiger partial charge is 0.144 e. The van der Waals surface area contributed by atoms with Crippen LogP contribution in [0.3, 0.4) is 0 Å². The van der Waals surface area contributed by atoms with E-state index in [1.165, 1.54) is 12.1 Å². The molecule has 0 aliphatic carbocycles. The lowest BCUT2D eigenvalue weighted by Gasteiger charge is -2.06. The van der Waals surface area contributed by atoms with Crippen molar-refractivity contribution in [2.24, 2.45) is 0 Å². The Labute approximate surface area is 110 Å². The zero-order valence-corrected chi connectivity index (χ0v) is 10.2. The van der Waals surface area contributed by atoms with Crippen molar-refractivity contribution in [3.63, 3.8) is 0 Å². The third-order valence-electron chi connectivity index (χ3n) is 2.41. The Morgan fingerprint density at radius 1 is 1.06 bits per heavy atom. The van der Waals surface area contributed by atoms with Gasteiger partial charge in [-0.25, -0.2) is 0 Å². The highest BCUT2D eigenvalue weighted by atomic mass is 35.5. The molecule has 1 unspecified atom stereocenters. The van der Waals surface area contributed by atoms with Gasteiger partial charge in [0.25, 0.3) is 0 Å². The standard InChI is InChI=1S/C15H11ClO2/c16-12-7-9-15(18)13(10-12)14(17)8-6-11-4-2-1-3-5-11/h1-5,7,9-10,14,17-18H. The van der Waals surface area contributed by atoms with Gasteiger partial charge in [0.15, 0.2) is 0 Å². The molecule has 0 bridgehead atoms. The van der Waals surface area contributed by atoms with Crippen molar-refractivity contribution < 1.29 is 10.2 Å².